The SMILES string of the molecule is Cn1ccnc1C1CCC(Br)C1. The van der Waals surface area contributed by atoms with Crippen LogP contribution in [0.1, 0.15) is 31.0 Å². The van der Waals surface area contributed by atoms with E-state index in [9.17, 15) is 0 Å². The third kappa shape index (κ3) is 1.42. The molecule has 0 radical (unpaired) electrons. The molecule has 0 saturated heterocycles. The summed E-state index contributed by atoms with van der Waals surface area (Å²) in [5.74, 6) is 1.92. The first-order chi connectivity index (χ1) is 5.77. The van der Waals surface area contributed by atoms with Crippen LogP contribution in [0.25, 0.3) is 0 Å². The Morgan fingerprint density at radius 1 is 1.58 bits per heavy atom. The quantitative estimate of drug-likeness (QED) is 0.676. The Balaban J connectivity index is 2.16. The average Bonchev–Trinajstić information content (AvgIpc) is 2.58. The van der Waals surface area contributed by atoms with E-state index in [-0.39, 0.29) is 0 Å². The number of nitrogens with zero attached hydrogens (tertiary/aromatic N) is 2. The number of rotatable bonds is 1. The van der Waals surface area contributed by atoms with E-state index in [0.29, 0.717) is 10.7 Å². The molecule has 3 heteroatoms. The molecule has 12 heavy (non-hydrogen) atoms. The summed E-state index contributed by atoms with van der Waals surface area (Å²) in [6.07, 6.45) is 7.72. The minimum absolute atomic E-state index is 0.675. The lowest BCUT2D eigenvalue weighted by atomic mass is 10.1. The van der Waals surface area contributed by atoms with Crippen molar-refractivity contribution in [2.24, 2.45) is 7.05 Å². The van der Waals surface area contributed by atoms with Crippen LogP contribution in [-0.4, -0.2) is 14.4 Å². The molecule has 1 fully saturated rings. The second-order valence-corrected chi connectivity index (χ2v) is 4.80. The summed E-state index contributed by atoms with van der Waals surface area (Å²) in [4.78, 5) is 5.08. The lowest BCUT2D eigenvalue weighted by Gasteiger charge is -2.08. The van der Waals surface area contributed by atoms with Crippen LogP contribution in [0, 0.1) is 0 Å². The number of hydrogen-bond donors (Lipinski definition) is 0. The molecular formula is C9H13BrN2. The monoisotopic (exact) mass is 228 g/mol. The Bertz CT molecular complexity index is 269. The molecule has 2 unspecified atom stereocenters. The van der Waals surface area contributed by atoms with Crippen molar-refractivity contribution in [3.8, 4) is 0 Å². The van der Waals surface area contributed by atoms with E-state index in [1.54, 1.807) is 0 Å². The van der Waals surface area contributed by atoms with Gasteiger partial charge in [0.25, 0.3) is 0 Å². The second kappa shape index (κ2) is 3.21. The van der Waals surface area contributed by atoms with E-state index in [1.165, 1.54) is 25.1 Å². The van der Waals surface area contributed by atoms with Gasteiger partial charge < -0.3 is 4.57 Å². The molecule has 0 amide bonds. The van der Waals surface area contributed by atoms with Gasteiger partial charge in [-0.25, -0.2) is 4.98 Å². The van der Waals surface area contributed by atoms with Crippen LogP contribution in [-0.2, 0) is 7.05 Å². The molecule has 2 nitrogen and oxygen atoms in total. The molecule has 66 valence electrons. The smallest absolute Gasteiger partial charge is 0.111 e. The zero-order valence-corrected chi connectivity index (χ0v) is 8.79. The molecule has 0 N–H and O–H groups in total. The van der Waals surface area contributed by atoms with Gasteiger partial charge in [0.15, 0.2) is 0 Å². The van der Waals surface area contributed by atoms with E-state index in [2.05, 4.69) is 32.5 Å². The summed E-state index contributed by atoms with van der Waals surface area (Å²) in [6.45, 7) is 0. The highest BCUT2D eigenvalue weighted by Crippen LogP contribution is 2.36. The van der Waals surface area contributed by atoms with Gasteiger partial charge in [-0.15, -0.1) is 0 Å². The number of alkyl halides is 1. The van der Waals surface area contributed by atoms with Crippen LogP contribution >= 0.6 is 15.9 Å². The lowest BCUT2D eigenvalue weighted by Crippen LogP contribution is -2.02. The highest BCUT2D eigenvalue weighted by Gasteiger charge is 2.26. The molecule has 1 heterocycles. The van der Waals surface area contributed by atoms with Crippen LogP contribution in [0.15, 0.2) is 12.4 Å². The van der Waals surface area contributed by atoms with E-state index in [1.807, 2.05) is 12.4 Å². The van der Waals surface area contributed by atoms with Crippen molar-refractivity contribution in [2.45, 2.75) is 30.0 Å². The van der Waals surface area contributed by atoms with Crippen LogP contribution in [0.4, 0.5) is 0 Å². The Labute approximate surface area is 81.1 Å². The van der Waals surface area contributed by atoms with E-state index in [0.717, 1.165) is 0 Å². The minimum atomic E-state index is 0.675. The predicted molar refractivity (Wildman–Crippen MR) is 52.5 cm³/mol. The van der Waals surface area contributed by atoms with Crippen LogP contribution in [0.3, 0.4) is 0 Å². The fourth-order valence-corrected chi connectivity index (χ4v) is 2.65. The fourth-order valence-electron chi connectivity index (χ4n) is 1.93. The van der Waals surface area contributed by atoms with Gasteiger partial charge in [-0.3, -0.25) is 0 Å². The molecule has 0 bridgehead atoms. The standard InChI is InChI=1S/C9H13BrN2/c1-12-5-4-11-9(12)7-2-3-8(10)6-7/h4-5,7-8H,2-3,6H2,1H3. The first kappa shape index (κ1) is 8.30. The summed E-state index contributed by atoms with van der Waals surface area (Å²) in [5, 5.41) is 0. The summed E-state index contributed by atoms with van der Waals surface area (Å²) in [6, 6.07) is 0. The molecule has 2 atom stereocenters. The first-order valence-corrected chi connectivity index (χ1v) is 5.30. The molecule has 1 aliphatic rings. The van der Waals surface area contributed by atoms with Gasteiger partial charge in [-0.05, 0) is 19.3 Å². The number of halogens is 1. The predicted octanol–water partition coefficient (Wildman–Crippen LogP) is 2.45. The van der Waals surface area contributed by atoms with Gasteiger partial charge in [0.2, 0.25) is 0 Å². The maximum atomic E-state index is 4.37. The number of imidazole rings is 1. The summed E-state index contributed by atoms with van der Waals surface area (Å²) in [5.41, 5.74) is 0. The second-order valence-electron chi connectivity index (χ2n) is 3.50. The zero-order valence-electron chi connectivity index (χ0n) is 7.20. The van der Waals surface area contributed by atoms with Gasteiger partial charge >= 0.3 is 0 Å². The van der Waals surface area contributed by atoms with Crippen molar-refractivity contribution >= 4 is 15.9 Å². The Morgan fingerprint density at radius 3 is 2.92 bits per heavy atom. The number of aromatic nitrogens is 2. The third-order valence-electron chi connectivity index (χ3n) is 2.59. The fraction of sp³-hybridized carbons (Fsp3) is 0.667. The first-order valence-electron chi connectivity index (χ1n) is 4.38. The average molecular weight is 229 g/mol. The number of aryl methyl sites for hydroxylation is 1. The third-order valence-corrected chi connectivity index (χ3v) is 3.42. The Kier molecular flexibility index (Phi) is 2.22. The van der Waals surface area contributed by atoms with Gasteiger partial charge in [0.1, 0.15) is 5.82 Å². The van der Waals surface area contributed by atoms with Crippen molar-refractivity contribution < 1.29 is 0 Å². The van der Waals surface area contributed by atoms with Crippen LogP contribution < -0.4 is 0 Å². The molecule has 2 rings (SSSR count). The molecular weight excluding hydrogens is 216 g/mol. The Morgan fingerprint density at radius 2 is 2.42 bits per heavy atom. The Hall–Kier alpha value is -0.310. The summed E-state index contributed by atoms with van der Waals surface area (Å²) in [7, 11) is 2.07. The molecule has 0 aliphatic heterocycles. The molecule has 0 spiro atoms. The van der Waals surface area contributed by atoms with Crippen LogP contribution in [0.5, 0.6) is 0 Å². The topological polar surface area (TPSA) is 17.8 Å². The highest BCUT2D eigenvalue weighted by atomic mass is 79.9. The largest absolute Gasteiger partial charge is 0.338 e. The van der Waals surface area contributed by atoms with Crippen LogP contribution in [0.2, 0.25) is 0 Å². The molecule has 1 aliphatic carbocycles. The normalized spacial score (nSPS) is 29.5. The van der Waals surface area contributed by atoms with Gasteiger partial charge in [0, 0.05) is 30.2 Å². The maximum Gasteiger partial charge on any atom is 0.111 e. The van der Waals surface area contributed by atoms with Crippen molar-refractivity contribution in [2.75, 3.05) is 0 Å². The van der Waals surface area contributed by atoms with Crippen molar-refractivity contribution in [3.05, 3.63) is 18.2 Å². The molecule has 1 aromatic heterocycles. The molecule has 1 aromatic rings. The summed E-state index contributed by atoms with van der Waals surface area (Å²) >= 11 is 3.65. The molecule has 1 saturated carbocycles. The minimum Gasteiger partial charge on any atom is -0.338 e. The van der Waals surface area contributed by atoms with Crippen molar-refractivity contribution in [3.63, 3.8) is 0 Å². The number of hydrogen-bond acceptors (Lipinski definition) is 1. The van der Waals surface area contributed by atoms with Crippen molar-refractivity contribution in [1.82, 2.24) is 9.55 Å². The maximum absolute atomic E-state index is 4.37. The van der Waals surface area contributed by atoms with E-state index in [4.69, 9.17) is 0 Å². The van der Waals surface area contributed by atoms with Crippen molar-refractivity contribution in [1.29, 1.82) is 0 Å². The van der Waals surface area contributed by atoms with Gasteiger partial charge in [-0.2, -0.15) is 0 Å². The van der Waals surface area contributed by atoms with E-state index < -0.39 is 0 Å². The zero-order chi connectivity index (χ0) is 8.55. The van der Waals surface area contributed by atoms with Gasteiger partial charge in [-0.1, -0.05) is 15.9 Å². The molecule has 0 aromatic carbocycles. The summed E-state index contributed by atoms with van der Waals surface area (Å²) < 4.78 is 2.13. The highest BCUT2D eigenvalue weighted by molar-refractivity contribution is 9.09. The van der Waals surface area contributed by atoms with Gasteiger partial charge in [0.05, 0.1) is 0 Å². The van der Waals surface area contributed by atoms with E-state index >= 15 is 0 Å². The lowest BCUT2D eigenvalue weighted by molar-refractivity contribution is 0.634.